The Labute approximate surface area is 232 Å². The Morgan fingerprint density at radius 2 is 1.53 bits per heavy atom. The van der Waals surface area contributed by atoms with Crippen molar-refractivity contribution in [2.75, 3.05) is 6.61 Å². The van der Waals surface area contributed by atoms with Crippen molar-refractivity contribution in [3.05, 3.63) is 11.6 Å². The maximum Gasteiger partial charge on any atom is 0.302 e. The molecule has 5 aliphatic carbocycles. The second-order valence-electron chi connectivity index (χ2n) is 16.3. The first kappa shape index (κ1) is 28.2. The lowest BCUT2D eigenvalue weighted by molar-refractivity contribution is -0.213. The van der Waals surface area contributed by atoms with Gasteiger partial charge in [-0.2, -0.15) is 0 Å². The minimum Gasteiger partial charge on any atom is -0.465 e. The highest BCUT2D eigenvalue weighted by atomic mass is 16.5. The van der Waals surface area contributed by atoms with Gasteiger partial charge in [0.1, 0.15) is 6.10 Å². The van der Waals surface area contributed by atoms with Crippen molar-refractivity contribution in [2.24, 2.45) is 50.2 Å². The maximum atomic E-state index is 11.9. The summed E-state index contributed by atoms with van der Waals surface area (Å²) in [5.41, 5.74) is 2.79. The normalized spacial score (nSPS) is 46.8. The summed E-state index contributed by atoms with van der Waals surface area (Å²) in [6.07, 6.45) is 14.4. The molecule has 0 unspecified atom stereocenters. The summed E-state index contributed by atoms with van der Waals surface area (Å²) >= 11 is 0. The van der Waals surface area contributed by atoms with Crippen LogP contribution in [-0.4, -0.2) is 24.6 Å². The summed E-state index contributed by atoms with van der Waals surface area (Å²) in [7, 11) is 0. The number of ether oxygens (including phenoxy) is 2. The van der Waals surface area contributed by atoms with Crippen LogP contribution in [-0.2, 0) is 19.1 Å². The molecule has 4 fully saturated rings. The Balaban J connectivity index is 1.52. The van der Waals surface area contributed by atoms with Crippen LogP contribution in [0.5, 0.6) is 0 Å². The first-order valence-electron chi connectivity index (χ1n) is 15.5. The van der Waals surface area contributed by atoms with Crippen LogP contribution in [0.2, 0.25) is 0 Å². The summed E-state index contributed by atoms with van der Waals surface area (Å²) < 4.78 is 11.7. The van der Waals surface area contributed by atoms with Crippen LogP contribution in [0.15, 0.2) is 11.6 Å². The Morgan fingerprint density at radius 3 is 2.18 bits per heavy atom. The van der Waals surface area contributed by atoms with Gasteiger partial charge in [0, 0.05) is 24.7 Å². The number of fused-ring (bicyclic) bond motifs is 7. The average Bonchev–Trinajstić information content (AvgIpc) is 2.80. The predicted molar refractivity (Wildman–Crippen MR) is 151 cm³/mol. The molecule has 0 N–H and O–H groups in total. The number of hydrogen-bond donors (Lipinski definition) is 0. The number of rotatable bonds is 3. The summed E-state index contributed by atoms with van der Waals surface area (Å²) in [6.45, 7) is 21.2. The quantitative estimate of drug-likeness (QED) is 0.274. The Bertz CT molecular complexity index is 1020. The van der Waals surface area contributed by atoms with Gasteiger partial charge < -0.3 is 9.47 Å². The predicted octanol–water partition coefficient (Wildman–Crippen LogP) is 8.28. The van der Waals surface area contributed by atoms with E-state index in [0.29, 0.717) is 29.8 Å². The van der Waals surface area contributed by atoms with Gasteiger partial charge in [-0.15, -0.1) is 0 Å². The van der Waals surface area contributed by atoms with Gasteiger partial charge in [-0.25, -0.2) is 0 Å². The van der Waals surface area contributed by atoms with E-state index in [1.54, 1.807) is 19.4 Å². The van der Waals surface area contributed by atoms with E-state index in [9.17, 15) is 9.59 Å². The van der Waals surface area contributed by atoms with Gasteiger partial charge in [0.15, 0.2) is 0 Å². The van der Waals surface area contributed by atoms with Crippen LogP contribution >= 0.6 is 0 Å². The van der Waals surface area contributed by atoms with Gasteiger partial charge in [-0.3, -0.25) is 9.59 Å². The fourth-order valence-electron chi connectivity index (χ4n) is 11.2. The van der Waals surface area contributed by atoms with Crippen molar-refractivity contribution >= 4 is 11.9 Å². The molecule has 0 saturated heterocycles. The lowest BCUT2D eigenvalue weighted by Gasteiger charge is -2.71. The molecule has 0 heterocycles. The molecule has 0 aliphatic heterocycles. The molecule has 0 amide bonds. The highest BCUT2D eigenvalue weighted by Gasteiger charge is 2.68. The molecular weight excluding hydrogens is 472 g/mol. The summed E-state index contributed by atoms with van der Waals surface area (Å²) in [6, 6.07) is 0. The summed E-state index contributed by atoms with van der Waals surface area (Å²) in [5, 5.41) is 0. The van der Waals surface area contributed by atoms with Crippen LogP contribution in [0.25, 0.3) is 0 Å². The van der Waals surface area contributed by atoms with Gasteiger partial charge in [-0.1, -0.05) is 60.1 Å². The first-order valence-corrected chi connectivity index (χ1v) is 15.5. The third-order valence-corrected chi connectivity index (χ3v) is 13.6. The van der Waals surface area contributed by atoms with Crippen molar-refractivity contribution < 1.29 is 19.1 Å². The van der Waals surface area contributed by atoms with E-state index in [-0.39, 0.29) is 45.1 Å². The largest absolute Gasteiger partial charge is 0.465 e. The standard InChI is InChI=1S/C34H54O4/c1-22(35)37-21-34-18-16-29(3,4)20-25(34)24-10-11-27-31(7)14-13-28(38-23(2)36)30(5,6)26(31)12-15-33(27,9)32(24,8)17-19-34/h10,25-28H,11-21H2,1-9H3/t25-,26+,27-,28-,31-,32+,33+,34+/m0/s1. The van der Waals surface area contributed by atoms with E-state index in [1.807, 2.05) is 0 Å². The molecule has 0 aromatic rings. The van der Waals surface area contributed by atoms with Crippen LogP contribution < -0.4 is 0 Å². The molecule has 0 bridgehead atoms. The van der Waals surface area contributed by atoms with Crippen LogP contribution in [0.3, 0.4) is 0 Å². The number of allylic oxidation sites excluding steroid dienone is 2. The summed E-state index contributed by atoms with van der Waals surface area (Å²) in [5.74, 6) is 1.42. The Morgan fingerprint density at radius 1 is 0.842 bits per heavy atom. The van der Waals surface area contributed by atoms with Crippen LogP contribution in [0.4, 0.5) is 0 Å². The lowest BCUT2D eigenvalue weighted by atomic mass is 9.33. The third-order valence-electron chi connectivity index (χ3n) is 13.6. The molecule has 5 rings (SSSR count). The molecule has 4 nitrogen and oxygen atoms in total. The van der Waals surface area contributed by atoms with E-state index in [2.05, 4.69) is 54.5 Å². The molecule has 0 aromatic heterocycles. The molecular formula is C34H54O4. The first-order chi connectivity index (χ1) is 17.5. The van der Waals surface area contributed by atoms with Crippen molar-refractivity contribution in [1.29, 1.82) is 0 Å². The van der Waals surface area contributed by atoms with Crippen LogP contribution in [0, 0.1) is 50.2 Å². The molecule has 5 aliphatic rings. The second-order valence-corrected chi connectivity index (χ2v) is 16.3. The minimum atomic E-state index is -0.140. The van der Waals surface area contributed by atoms with Gasteiger partial charge in [0.05, 0.1) is 6.61 Å². The van der Waals surface area contributed by atoms with Gasteiger partial charge in [0.25, 0.3) is 0 Å². The monoisotopic (exact) mass is 526 g/mol. The van der Waals surface area contributed by atoms with E-state index >= 15 is 0 Å². The number of esters is 2. The zero-order valence-electron chi connectivity index (χ0n) is 25.8. The maximum absolute atomic E-state index is 11.9. The van der Waals surface area contributed by atoms with Crippen LogP contribution in [0.1, 0.15) is 127 Å². The smallest absolute Gasteiger partial charge is 0.302 e. The van der Waals surface area contributed by atoms with Gasteiger partial charge in [-0.05, 0) is 104 Å². The molecule has 214 valence electrons. The van der Waals surface area contributed by atoms with Crippen molar-refractivity contribution in [1.82, 2.24) is 0 Å². The second kappa shape index (κ2) is 8.84. The van der Waals surface area contributed by atoms with E-state index < -0.39 is 0 Å². The molecule has 4 heteroatoms. The zero-order chi connectivity index (χ0) is 27.9. The molecule has 4 saturated carbocycles. The average molecular weight is 527 g/mol. The fraction of sp³-hybridized carbons (Fsp3) is 0.882. The van der Waals surface area contributed by atoms with Gasteiger partial charge in [0.2, 0.25) is 0 Å². The van der Waals surface area contributed by atoms with Crippen molar-refractivity contribution in [2.45, 2.75) is 133 Å². The molecule has 38 heavy (non-hydrogen) atoms. The minimum absolute atomic E-state index is 0.00988. The topological polar surface area (TPSA) is 52.6 Å². The molecule has 0 aromatic carbocycles. The zero-order valence-corrected chi connectivity index (χ0v) is 25.8. The molecule has 0 spiro atoms. The van der Waals surface area contributed by atoms with E-state index in [4.69, 9.17) is 9.47 Å². The van der Waals surface area contributed by atoms with Crippen molar-refractivity contribution in [3.63, 3.8) is 0 Å². The van der Waals surface area contributed by atoms with Gasteiger partial charge >= 0.3 is 11.9 Å². The number of hydrogen-bond acceptors (Lipinski definition) is 4. The van der Waals surface area contributed by atoms with E-state index in [0.717, 1.165) is 32.1 Å². The Hall–Kier alpha value is -1.32. The molecule has 0 radical (unpaired) electrons. The Kier molecular flexibility index (Phi) is 6.56. The lowest BCUT2D eigenvalue weighted by Crippen LogP contribution is -2.65. The highest BCUT2D eigenvalue weighted by molar-refractivity contribution is 5.66. The fourth-order valence-corrected chi connectivity index (χ4v) is 11.2. The third kappa shape index (κ3) is 3.96. The number of carbonyl (C=O) groups excluding carboxylic acids is 2. The SMILES string of the molecule is CC(=O)OC[C@]12CCC(C)(C)C[C@H]1C1=CC[C@H]3[C@@]4(C)CC[C@H](OC(C)=O)C(C)(C)[C@H]4CC[C@@]3(C)[C@]1(C)CC2. The van der Waals surface area contributed by atoms with E-state index in [1.165, 1.54) is 32.1 Å². The molecule has 8 atom stereocenters. The number of carbonyl (C=O) groups is 2. The summed E-state index contributed by atoms with van der Waals surface area (Å²) in [4.78, 5) is 23.8. The highest BCUT2D eigenvalue weighted by Crippen LogP contribution is 2.75. The van der Waals surface area contributed by atoms with Crippen molar-refractivity contribution in [3.8, 4) is 0 Å².